The smallest absolute Gasteiger partial charge is 0.261 e. The molecule has 0 N–H and O–H groups in total. The van der Waals surface area contributed by atoms with Crippen molar-refractivity contribution >= 4 is 19.7 Å². The zero-order valence-electron chi connectivity index (χ0n) is 9.15. The second-order valence-electron chi connectivity index (χ2n) is 3.53. The lowest BCUT2D eigenvalue weighted by molar-refractivity contribution is 0.193. The molecule has 0 radical (unpaired) electrons. The molecule has 0 amide bonds. The standard InChI is InChI=1S/C11H15ClO3S/c1-15-9-3-2-4-10-5-7-11(8-6-10)16(12,13)14/h5-8H,2-4,9H2,1H3. The van der Waals surface area contributed by atoms with Crippen LogP contribution in [0.2, 0.25) is 0 Å². The van der Waals surface area contributed by atoms with Gasteiger partial charge in [-0.1, -0.05) is 12.1 Å². The molecule has 0 saturated carbocycles. The van der Waals surface area contributed by atoms with E-state index in [0.717, 1.165) is 31.4 Å². The van der Waals surface area contributed by atoms with E-state index in [1.807, 2.05) is 0 Å². The predicted octanol–water partition coefficient (Wildman–Crippen LogP) is 2.58. The molecule has 0 spiro atoms. The molecule has 0 aliphatic carbocycles. The number of methoxy groups -OCH3 is 1. The van der Waals surface area contributed by atoms with Crippen LogP contribution in [-0.4, -0.2) is 22.1 Å². The Bertz CT molecular complexity index is 411. The van der Waals surface area contributed by atoms with Crippen LogP contribution < -0.4 is 0 Å². The minimum absolute atomic E-state index is 0.148. The van der Waals surface area contributed by atoms with Gasteiger partial charge < -0.3 is 4.74 Å². The van der Waals surface area contributed by atoms with Crippen molar-refractivity contribution in [3.05, 3.63) is 29.8 Å². The third-order valence-electron chi connectivity index (χ3n) is 2.27. The minimum Gasteiger partial charge on any atom is -0.385 e. The van der Waals surface area contributed by atoms with E-state index >= 15 is 0 Å². The number of rotatable bonds is 6. The molecule has 0 unspecified atom stereocenters. The molecule has 0 atom stereocenters. The number of hydrogen-bond acceptors (Lipinski definition) is 3. The van der Waals surface area contributed by atoms with Crippen LogP contribution in [0.5, 0.6) is 0 Å². The lowest BCUT2D eigenvalue weighted by Crippen LogP contribution is -1.93. The molecule has 90 valence electrons. The first-order chi connectivity index (χ1) is 7.54. The van der Waals surface area contributed by atoms with Crippen molar-refractivity contribution in [2.45, 2.75) is 24.2 Å². The molecule has 0 aromatic heterocycles. The molecule has 5 heteroatoms. The summed E-state index contributed by atoms with van der Waals surface area (Å²) in [5.41, 5.74) is 1.11. The highest BCUT2D eigenvalue weighted by molar-refractivity contribution is 8.13. The van der Waals surface area contributed by atoms with Gasteiger partial charge in [0.1, 0.15) is 0 Å². The zero-order chi connectivity index (χ0) is 12.0. The average molecular weight is 263 g/mol. The fraction of sp³-hybridized carbons (Fsp3) is 0.455. The van der Waals surface area contributed by atoms with E-state index in [4.69, 9.17) is 15.4 Å². The van der Waals surface area contributed by atoms with Gasteiger partial charge in [-0.25, -0.2) is 8.42 Å². The van der Waals surface area contributed by atoms with Crippen molar-refractivity contribution in [3.63, 3.8) is 0 Å². The van der Waals surface area contributed by atoms with Gasteiger partial charge in [0, 0.05) is 24.4 Å². The van der Waals surface area contributed by atoms with Crippen LogP contribution in [0.15, 0.2) is 29.2 Å². The Morgan fingerprint density at radius 2 is 1.81 bits per heavy atom. The molecule has 0 aliphatic rings. The van der Waals surface area contributed by atoms with E-state index in [0.29, 0.717) is 0 Å². The first-order valence-corrected chi connectivity index (χ1v) is 7.37. The normalized spacial score (nSPS) is 11.6. The zero-order valence-corrected chi connectivity index (χ0v) is 10.7. The summed E-state index contributed by atoms with van der Waals surface area (Å²) in [5, 5.41) is 0. The Morgan fingerprint density at radius 3 is 2.31 bits per heavy atom. The highest BCUT2D eigenvalue weighted by atomic mass is 35.7. The fourth-order valence-corrected chi connectivity index (χ4v) is 2.16. The van der Waals surface area contributed by atoms with Crippen LogP contribution in [0, 0.1) is 0 Å². The van der Waals surface area contributed by atoms with Crippen molar-refractivity contribution in [3.8, 4) is 0 Å². The Morgan fingerprint density at radius 1 is 1.19 bits per heavy atom. The Balaban J connectivity index is 2.52. The largest absolute Gasteiger partial charge is 0.385 e. The lowest BCUT2D eigenvalue weighted by Gasteiger charge is -2.02. The van der Waals surface area contributed by atoms with Crippen molar-refractivity contribution in [2.75, 3.05) is 13.7 Å². The summed E-state index contributed by atoms with van der Waals surface area (Å²) in [4.78, 5) is 0.148. The third-order valence-corrected chi connectivity index (χ3v) is 3.64. The van der Waals surface area contributed by atoms with Crippen LogP contribution >= 0.6 is 10.7 Å². The molecule has 0 heterocycles. The van der Waals surface area contributed by atoms with Crippen molar-refractivity contribution in [1.29, 1.82) is 0 Å². The molecular formula is C11H15ClO3S. The van der Waals surface area contributed by atoms with Crippen LogP contribution in [0.4, 0.5) is 0 Å². The van der Waals surface area contributed by atoms with E-state index in [1.54, 1.807) is 19.2 Å². The average Bonchev–Trinajstić information content (AvgIpc) is 2.24. The summed E-state index contributed by atoms with van der Waals surface area (Å²) in [6.07, 6.45) is 2.96. The summed E-state index contributed by atoms with van der Waals surface area (Å²) < 4.78 is 26.9. The van der Waals surface area contributed by atoms with Crippen molar-refractivity contribution < 1.29 is 13.2 Å². The maximum atomic E-state index is 11.0. The minimum atomic E-state index is -3.60. The number of benzene rings is 1. The highest BCUT2D eigenvalue weighted by Gasteiger charge is 2.08. The van der Waals surface area contributed by atoms with E-state index in [1.165, 1.54) is 12.1 Å². The van der Waals surface area contributed by atoms with Crippen molar-refractivity contribution in [1.82, 2.24) is 0 Å². The van der Waals surface area contributed by atoms with Crippen LogP contribution in [0.25, 0.3) is 0 Å². The van der Waals surface area contributed by atoms with Gasteiger partial charge in [0.2, 0.25) is 0 Å². The molecule has 16 heavy (non-hydrogen) atoms. The molecule has 0 bridgehead atoms. The van der Waals surface area contributed by atoms with Gasteiger partial charge in [0.05, 0.1) is 4.90 Å². The van der Waals surface area contributed by atoms with Crippen molar-refractivity contribution in [2.24, 2.45) is 0 Å². The van der Waals surface area contributed by atoms with Gasteiger partial charge in [-0.05, 0) is 37.0 Å². The van der Waals surface area contributed by atoms with Gasteiger partial charge in [0.15, 0.2) is 0 Å². The van der Waals surface area contributed by atoms with Crippen LogP contribution in [0.3, 0.4) is 0 Å². The van der Waals surface area contributed by atoms with Gasteiger partial charge in [-0.15, -0.1) is 0 Å². The Kier molecular flexibility index (Phi) is 5.25. The first kappa shape index (κ1) is 13.5. The van der Waals surface area contributed by atoms with Crippen LogP contribution in [0.1, 0.15) is 18.4 Å². The highest BCUT2D eigenvalue weighted by Crippen LogP contribution is 2.16. The molecular weight excluding hydrogens is 248 g/mol. The summed E-state index contributed by atoms with van der Waals surface area (Å²) >= 11 is 0. The number of aryl methyl sites for hydroxylation is 1. The summed E-state index contributed by atoms with van der Waals surface area (Å²) in [6, 6.07) is 6.66. The topological polar surface area (TPSA) is 43.4 Å². The van der Waals surface area contributed by atoms with E-state index in [2.05, 4.69) is 0 Å². The summed E-state index contributed by atoms with van der Waals surface area (Å²) in [6.45, 7) is 0.758. The molecule has 1 rings (SSSR count). The maximum Gasteiger partial charge on any atom is 0.261 e. The molecule has 0 aliphatic heterocycles. The Hall–Kier alpha value is -0.580. The van der Waals surface area contributed by atoms with E-state index < -0.39 is 9.05 Å². The van der Waals surface area contributed by atoms with Gasteiger partial charge in [-0.3, -0.25) is 0 Å². The summed E-state index contributed by atoms with van der Waals surface area (Å²) in [5.74, 6) is 0. The van der Waals surface area contributed by atoms with Gasteiger partial charge in [-0.2, -0.15) is 0 Å². The number of unbranched alkanes of at least 4 members (excludes halogenated alkanes) is 1. The molecule has 1 aromatic rings. The molecule has 0 saturated heterocycles. The van der Waals surface area contributed by atoms with Gasteiger partial charge in [0.25, 0.3) is 9.05 Å². The number of halogens is 1. The predicted molar refractivity (Wildman–Crippen MR) is 64.3 cm³/mol. The third kappa shape index (κ3) is 4.51. The monoisotopic (exact) mass is 262 g/mol. The SMILES string of the molecule is COCCCCc1ccc(S(=O)(=O)Cl)cc1. The molecule has 0 fully saturated rings. The number of ether oxygens (including phenoxy) is 1. The van der Waals surface area contributed by atoms with E-state index in [-0.39, 0.29) is 4.90 Å². The quantitative estimate of drug-likeness (QED) is 0.585. The lowest BCUT2D eigenvalue weighted by atomic mass is 10.1. The summed E-state index contributed by atoms with van der Waals surface area (Å²) in [7, 11) is 3.30. The number of hydrogen-bond donors (Lipinski definition) is 0. The first-order valence-electron chi connectivity index (χ1n) is 5.06. The van der Waals surface area contributed by atoms with E-state index in [9.17, 15) is 8.42 Å². The molecule has 1 aromatic carbocycles. The fourth-order valence-electron chi connectivity index (χ4n) is 1.39. The Labute approximate surface area is 101 Å². The maximum absolute atomic E-state index is 11.0. The van der Waals surface area contributed by atoms with Crippen LogP contribution in [-0.2, 0) is 20.2 Å². The van der Waals surface area contributed by atoms with Gasteiger partial charge >= 0.3 is 0 Å². The molecule has 3 nitrogen and oxygen atoms in total. The second-order valence-corrected chi connectivity index (χ2v) is 6.10. The second kappa shape index (κ2) is 6.23.